The summed E-state index contributed by atoms with van der Waals surface area (Å²) in [6, 6.07) is 0. The molecule has 94 valence electrons. The Balaban J connectivity index is 2.54. The maximum atomic E-state index is 11.5. The first-order valence-electron chi connectivity index (χ1n) is 6.00. The van der Waals surface area contributed by atoms with Crippen LogP contribution in [0.3, 0.4) is 0 Å². The van der Waals surface area contributed by atoms with Crippen LogP contribution in [0, 0.1) is 5.92 Å². The Morgan fingerprint density at radius 3 is 2.38 bits per heavy atom. The fourth-order valence-electron chi connectivity index (χ4n) is 1.61. The van der Waals surface area contributed by atoms with E-state index in [1.165, 1.54) is 0 Å². The molecule has 1 unspecified atom stereocenters. The van der Waals surface area contributed by atoms with E-state index in [1.807, 2.05) is 0 Å². The highest BCUT2D eigenvalue weighted by molar-refractivity contribution is 6.74. The zero-order valence-corrected chi connectivity index (χ0v) is 12.0. The minimum absolute atomic E-state index is 0.152. The summed E-state index contributed by atoms with van der Waals surface area (Å²) in [5.41, 5.74) is 0. The van der Waals surface area contributed by atoms with Crippen molar-refractivity contribution in [3.63, 3.8) is 0 Å². The summed E-state index contributed by atoms with van der Waals surface area (Å²) < 4.78 is 5.98. The molecule has 0 aromatic carbocycles. The normalized spacial score (nSPS) is 27.5. The van der Waals surface area contributed by atoms with Gasteiger partial charge in [-0.25, -0.2) is 0 Å². The molecule has 0 heterocycles. The van der Waals surface area contributed by atoms with E-state index in [4.69, 9.17) is 4.43 Å². The Hall–Kier alpha value is -0.193. The Labute approximate surface area is 99.3 Å². The van der Waals surface area contributed by atoms with E-state index in [0.29, 0.717) is 19.4 Å². The standard InChI is InChI=1S/C12H24O3Si/c1-12(2,3)16(4,5)15-8-9-10(13)6-7-11(9)14/h9-10,13H,6-8H2,1-5H3/t9?,10-/m0/s1. The summed E-state index contributed by atoms with van der Waals surface area (Å²) in [5.74, 6) is -0.125. The molecule has 1 fully saturated rings. The van der Waals surface area contributed by atoms with E-state index in [-0.39, 0.29) is 16.7 Å². The van der Waals surface area contributed by atoms with Crippen LogP contribution in [-0.2, 0) is 9.22 Å². The smallest absolute Gasteiger partial charge is 0.192 e. The quantitative estimate of drug-likeness (QED) is 0.775. The van der Waals surface area contributed by atoms with Crippen molar-refractivity contribution in [3.8, 4) is 0 Å². The van der Waals surface area contributed by atoms with Crippen LogP contribution in [0.5, 0.6) is 0 Å². The summed E-state index contributed by atoms with van der Waals surface area (Å²) in [6.45, 7) is 11.2. The summed E-state index contributed by atoms with van der Waals surface area (Å²) in [4.78, 5) is 11.5. The van der Waals surface area contributed by atoms with E-state index >= 15 is 0 Å². The van der Waals surface area contributed by atoms with Crippen molar-refractivity contribution in [1.29, 1.82) is 0 Å². The van der Waals surface area contributed by atoms with Crippen molar-refractivity contribution in [1.82, 2.24) is 0 Å². The third-order valence-corrected chi connectivity index (χ3v) is 8.50. The third-order valence-electron chi connectivity index (χ3n) is 3.99. The van der Waals surface area contributed by atoms with Gasteiger partial charge in [-0.2, -0.15) is 0 Å². The van der Waals surface area contributed by atoms with Crippen LogP contribution in [0.1, 0.15) is 33.6 Å². The van der Waals surface area contributed by atoms with E-state index < -0.39 is 14.4 Å². The molecular formula is C12H24O3Si. The number of ketones is 1. The Kier molecular flexibility index (Phi) is 3.98. The van der Waals surface area contributed by atoms with Gasteiger partial charge in [0.2, 0.25) is 0 Å². The van der Waals surface area contributed by atoms with Crippen molar-refractivity contribution in [2.75, 3.05) is 6.61 Å². The molecule has 0 radical (unpaired) electrons. The van der Waals surface area contributed by atoms with Crippen molar-refractivity contribution in [2.45, 2.75) is 57.8 Å². The molecule has 0 saturated heterocycles. The molecule has 0 spiro atoms. The molecule has 0 amide bonds. The van der Waals surface area contributed by atoms with E-state index in [0.717, 1.165) is 0 Å². The predicted octanol–water partition coefficient (Wildman–Crippen LogP) is 2.35. The molecule has 1 aliphatic carbocycles. The first-order chi connectivity index (χ1) is 7.15. The van der Waals surface area contributed by atoms with Gasteiger partial charge in [-0.15, -0.1) is 0 Å². The number of carbonyl (C=O) groups is 1. The fraction of sp³-hybridized carbons (Fsp3) is 0.917. The molecule has 1 N–H and O–H groups in total. The highest BCUT2D eigenvalue weighted by atomic mass is 28.4. The zero-order valence-electron chi connectivity index (χ0n) is 11.0. The van der Waals surface area contributed by atoms with Gasteiger partial charge in [0.1, 0.15) is 5.78 Å². The number of hydrogen-bond acceptors (Lipinski definition) is 3. The SMILES string of the molecule is CC(C)(C)[Si](C)(C)OCC1C(=O)CC[C@@H]1O. The number of aliphatic hydroxyl groups is 1. The van der Waals surface area contributed by atoms with Crippen LogP contribution in [0.4, 0.5) is 0 Å². The minimum Gasteiger partial charge on any atom is -0.416 e. The molecule has 1 aliphatic rings. The molecule has 1 saturated carbocycles. The monoisotopic (exact) mass is 244 g/mol. The van der Waals surface area contributed by atoms with Gasteiger partial charge in [0.15, 0.2) is 8.32 Å². The molecule has 1 rings (SSSR count). The summed E-state index contributed by atoms with van der Waals surface area (Å²) in [5, 5.41) is 9.83. The second-order valence-electron chi connectivity index (χ2n) is 6.25. The molecule has 0 bridgehead atoms. The summed E-state index contributed by atoms with van der Waals surface area (Å²) >= 11 is 0. The third kappa shape index (κ3) is 2.93. The van der Waals surface area contributed by atoms with Crippen molar-refractivity contribution in [3.05, 3.63) is 0 Å². The lowest BCUT2D eigenvalue weighted by Gasteiger charge is -2.37. The fourth-order valence-corrected chi connectivity index (χ4v) is 2.64. The molecular weight excluding hydrogens is 220 g/mol. The highest BCUT2D eigenvalue weighted by Crippen LogP contribution is 2.37. The largest absolute Gasteiger partial charge is 0.416 e. The van der Waals surface area contributed by atoms with Crippen LogP contribution in [0.15, 0.2) is 0 Å². The average molecular weight is 244 g/mol. The van der Waals surface area contributed by atoms with E-state index in [2.05, 4.69) is 33.9 Å². The van der Waals surface area contributed by atoms with Crippen LogP contribution < -0.4 is 0 Å². The summed E-state index contributed by atoms with van der Waals surface area (Å²) in [6.07, 6.45) is 0.620. The lowest BCUT2D eigenvalue weighted by Crippen LogP contribution is -2.43. The van der Waals surface area contributed by atoms with Gasteiger partial charge in [0.05, 0.1) is 12.0 Å². The van der Waals surface area contributed by atoms with Crippen molar-refractivity contribution < 1.29 is 14.3 Å². The topological polar surface area (TPSA) is 46.5 Å². The maximum absolute atomic E-state index is 11.5. The van der Waals surface area contributed by atoms with E-state index in [9.17, 15) is 9.90 Å². The number of hydrogen-bond donors (Lipinski definition) is 1. The van der Waals surface area contributed by atoms with Gasteiger partial charge in [-0.3, -0.25) is 4.79 Å². The highest BCUT2D eigenvalue weighted by Gasteiger charge is 2.40. The molecule has 0 aromatic rings. The Morgan fingerprint density at radius 1 is 1.44 bits per heavy atom. The molecule has 16 heavy (non-hydrogen) atoms. The van der Waals surface area contributed by atoms with Crippen LogP contribution in [0.2, 0.25) is 18.1 Å². The predicted molar refractivity (Wildman–Crippen MR) is 66.9 cm³/mol. The summed E-state index contributed by atoms with van der Waals surface area (Å²) in [7, 11) is -1.79. The molecule has 0 aromatic heterocycles. The van der Waals surface area contributed by atoms with Gasteiger partial charge in [-0.1, -0.05) is 20.8 Å². The first kappa shape index (κ1) is 13.9. The van der Waals surface area contributed by atoms with Gasteiger partial charge in [0.25, 0.3) is 0 Å². The number of aliphatic hydroxyl groups excluding tert-OH is 1. The van der Waals surface area contributed by atoms with Crippen molar-refractivity contribution in [2.24, 2.45) is 5.92 Å². The van der Waals surface area contributed by atoms with Crippen molar-refractivity contribution >= 4 is 14.1 Å². The lowest BCUT2D eigenvalue weighted by molar-refractivity contribution is -0.123. The average Bonchev–Trinajstić information content (AvgIpc) is 2.42. The molecule has 2 atom stereocenters. The van der Waals surface area contributed by atoms with Gasteiger partial charge in [0, 0.05) is 13.0 Å². The van der Waals surface area contributed by atoms with Gasteiger partial charge < -0.3 is 9.53 Å². The molecule has 0 aliphatic heterocycles. The molecule has 4 heteroatoms. The van der Waals surface area contributed by atoms with E-state index in [1.54, 1.807) is 0 Å². The number of carbonyl (C=O) groups excluding carboxylic acids is 1. The zero-order chi connectivity index (χ0) is 12.6. The van der Waals surface area contributed by atoms with Gasteiger partial charge >= 0.3 is 0 Å². The first-order valence-corrected chi connectivity index (χ1v) is 8.91. The minimum atomic E-state index is -1.79. The number of Topliss-reactive ketones (excluding diaryl/α,β-unsaturated/α-hetero) is 1. The van der Waals surface area contributed by atoms with Crippen LogP contribution in [0.25, 0.3) is 0 Å². The van der Waals surface area contributed by atoms with Crippen LogP contribution >= 0.6 is 0 Å². The van der Waals surface area contributed by atoms with Gasteiger partial charge in [-0.05, 0) is 24.6 Å². The number of rotatable bonds is 3. The lowest BCUT2D eigenvalue weighted by atomic mass is 10.1. The van der Waals surface area contributed by atoms with Crippen LogP contribution in [-0.4, -0.2) is 31.9 Å². The Bertz CT molecular complexity index is 268. The second kappa shape index (κ2) is 4.59. The second-order valence-corrected chi connectivity index (χ2v) is 11.1. The maximum Gasteiger partial charge on any atom is 0.192 e. The molecule has 3 nitrogen and oxygen atoms in total. The Morgan fingerprint density at radius 2 is 2.00 bits per heavy atom.